The molecule has 8 heteroatoms. The zero-order valence-corrected chi connectivity index (χ0v) is 13.3. The summed E-state index contributed by atoms with van der Waals surface area (Å²) in [4.78, 5) is 15.6. The van der Waals surface area contributed by atoms with E-state index in [0.717, 1.165) is 13.0 Å². The van der Waals surface area contributed by atoms with Gasteiger partial charge in [-0.25, -0.2) is 13.4 Å². The predicted molar refractivity (Wildman–Crippen MR) is 81.5 cm³/mol. The molecule has 0 aromatic carbocycles. The highest BCUT2D eigenvalue weighted by molar-refractivity contribution is 7.89. The van der Waals surface area contributed by atoms with Crippen molar-refractivity contribution in [3.05, 3.63) is 18.3 Å². The molecule has 1 amide bonds. The first kappa shape index (κ1) is 17.4. The van der Waals surface area contributed by atoms with Crippen LogP contribution >= 0.6 is 0 Å². The van der Waals surface area contributed by atoms with Gasteiger partial charge in [-0.15, -0.1) is 0 Å². The Labute approximate surface area is 125 Å². The summed E-state index contributed by atoms with van der Waals surface area (Å²) < 4.78 is 26.6. The highest BCUT2D eigenvalue weighted by atomic mass is 32.2. The van der Waals surface area contributed by atoms with E-state index < -0.39 is 16.1 Å². The number of aromatic nitrogens is 1. The highest BCUT2D eigenvalue weighted by Crippen LogP contribution is 2.11. The second-order valence-electron chi connectivity index (χ2n) is 4.54. The molecule has 0 saturated heterocycles. The third-order valence-electron chi connectivity index (χ3n) is 2.68. The Balaban J connectivity index is 2.76. The molecule has 118 valence electrons. The average molecular weight is 314 g/mol. The van der Waals surface area contributed by atoms with Crippen LogP contribution in [0.15, 0.2) is 23.2 Å². The minimum Gasteiger partial charge on any atom is -0.370 e. The molecule has 1 aromatic heterocycles. The van der Waals surface area contributed by atoms with E-state index in [2.05, 4.69) is 20.3 Å². The smallest absolute Gasteiger partial charge is 0.242 e. The predicted octanol–water partition coefficient (Wildman–Crippen LogP) is 0.706. The summed E-state index contributed by atoms with van der Waals surface area (Å²) in [6.07, 6.45) is 2.22. The van der Waals surface area contributed by atoms with Gasteiger partial charge in [0.05, 0.1) is 6.04 Å². The second kappa shape index (κ2) is 7.94. The first-order valence-corrected chi connectivity index (χ1v) is 8.39. The summed E-state index contributed by atoms with van der Waals surface area (Å²) in [6.45, 7) is 6.51. The van der Waals surface area contributed by atoms with Crippen LogP contribution in [0.1, 0.15) is 27.2 Å². The Morgan fingerprint density at radius 3 is 2.57 bits per heavy atom. The van der Waals surface area contributed by atoms with Crippen LogP contribution in [0.5, 0.6) is 0 Å². The summed E-state index contributed by atoms with van der Waals surface area (Å²) >= 11 is 0. The zero-order valence-electron chi connectivity index (χ0n) is 12.5. The van der Waals surface area contributed by atoms with Gasteiger partial charge in [-0.05, 0) is 32.4 Å². The number of carbonyl (C=O) groups excluding carboxylic acids is 1. The van der Waals surface area contributed by atoms with Gasteiger partial charge < -0.3 is 10.6 Å². The standard InChI is InChI=1S/C13H22N4O3S/c1-4-8-15-12-7-6-11(9-16-12)21(19,20)17-10(3)13(18)14-5-2/h6-7,9-10,17H,4-5,8H2,1-3H3,(H,14,18)(H,15,16). The number of amides is 1. The number of sulfonamides is 1. The van der Waals surface area contributed by atoms with Crippen LogP contribution in [0.2, 0.25) is 0 Å². The molecule has 0 radical (unpaired) electrons. The molecule has 0 spiro atoms. The maximum absolute atomic E-state index is 12.1. The number of nitrogens with zero attached hydrogens (tertiary/aromatic N) is 1. The van der Waals surface area contributed by atoms with E-state index in [1.54, 1.807) is 13.0 Å². The van der Waals surface area contributed by atoms with Gasteiger partial charge >= 0.3 is 0 Å². The molecule has 1 atom stereocenters. The van der Waals surface area contributed by atoms with Crippen molar-refractivity contribution in [1.29, 1.82) is 0 Å². The van der Waals surface area contributed by atoms with Crippen molar-refractivity contribution in [2.24, 2.45) is 0 Å². The number of hydrogen-bond donors (Lipinski definition) is 3. The number of rotatable bonds is 8. The lowest BCUT2D eigenvalue weighted by atomic mass is 10.3. The number of likely N-dealkylation sites (N-methyl/N-ethyl adjacent to an activating group) is 1. The van der Waals surface area contributed by atoms with E-state index in [4.69, 9.17) is 0 Å². The molecule has 0 aliphatic carbocycles. The molecule has 1 heterocycles. The SMILES string of the molecule is CCCNc1ccc(S(=O)(=O)NC(C)C(=O)NCC)cn1. The molecular formula is C13H22N4O3S. The molecular weight excluding hydrogens is 292 g/mol. The molecule has 1 aromatic rings. The Hall–Kier alpha value is -1.67. The summed E-state index contributed by atoms with van der Waals surface area (Å²) in [5.41, 5.74) is 0. The molecule has 0 fully saturated rings. The Morgan fingerprint density at radius 2 is 2.05 bits per heavy atom. The lowest BCUT2D eigenvalue weighted by Gasteiger charge is -2.13. The fraction of sp³-hybridized carbons (Fsp3) is 0.538. The van der Waals surface area contributed by atoms with E-state index in [0.29, 0.717) is 12.4 Å². The highest BCUT2D eigenvalue weighted by Gasteiger charge is 2.21. The number of carbonyl (C=O) groups is 1. The van der Waals surface area contributed by atoms with E-state index in [-0.39, 0.29) is 10.8 Å². The van der Waals surface area contributed by atoms with Crippen molar-refractivity contribution < 1.29 is 13.2 Å². The number of pyridine rings is 1. The van der Waals surface area contributed by atoms with E-state index in [9.17, 15) is 13.2 Å². The van der Waals surface area contributed by atoms with Gasteiger partial charge in [0, 0.05) is 19.3 Å². The third kappa shape index (κ3) is 5.31. The molecule has 1 rings (SSSR count). The monoisotopic (exact) mass is 314 g/mol. The first-order valence-electron chi connectivity index (χ1n) is 6.90. The van der Waals surface area contributed by atoms with E-state index in [1.807, 2.05) is 6.92 Å². The topological polar surface area (TPSA) is 100 Å². The lowest BCUT2D eigenvalue weighted by molar-refractivity contribution is -0.122. The van der Waals surface area contributed by atoms with Gasteiger partial charge in [0.25, 0.3) is 0 Å². The van der Waals surface area contributed by atoms with Crippen molar-refractivity contribution in [3.63, 3.8) is 0 Å². The quantitative estimate of drug-likeness (QED) is 0.656. The summed E-state index contributed by atoms with van der Waals surface area (Å²) in [5.74, 6) is 0.253. The zero-order chi connectivity index (χ0) is 15.9. The van der Waals surface area contributed by atoms with Crippen LogP contribution in [0.3, 0.4) is 0 Å². The summed E-state index contributed by atoms with van der Waals surface area (Å²) in [6, 6.07) is 2.21. The van der Waals surface area contributed by atoms with E-state index in [1.165, 1.54) is 19.2 Å². The average Bonchev–Trinajstić information content (AvgIpc) is 2.45. The molecule has 1 unspecified atom stereocenters. The van der Waals surface area contributed by atoms with Crippen molar-refractivity contribution in [3.8, 4) is 0 Å². The van der Waals surface area contributed by atoms with Gasteiger partial charge in [-0.2, -0.15) is 4.72 Å². The second-order valence-corrected chi connectivity index (χ2v) is 6.26. The van der Waals surface area contributed by atoms with Crippen molar-refractivity contribution >= 4 is 21.7 Å². The maximum atomic E-state index is 12.1. The van der Waals surface area contributed by atoms with Crippen LogP contribution in [0.25, 0.3) is 0 Å². The minimum atomic E-state index is -3.76. The van der Waals surface area contributed by atoms with Gasteiger partial charge in [0.2, 0.25) is 15.9 Å². The lowest BCUT2D eigenvalue weighted by Crippen LogP contribution is -2.44. The molecule has 3 N–H and O–H groups in total. The van der Waals surface area contributed by atoms with Crippen LogP contribution in [-0.2, 0) is 14.8 Å². The molecule has 0 aliphatic rings. The molecule has 0 aliphatic heterocycles. The van der Waals surface area contributed by atoms with Gasteiger partial charge in [0.15, 0.2) is 0 Å². The van der Waals surface area contributed by atoms with Crippen LogP contribution < -0.4 is 15.4 Å². The van der Waals surface area contributed by atoms with Crippen molar-refractivity contribution in [1.82, 2.24) is 15.0 Å². The molecule has 0 saturated carbocycles. The summed E-state index contributed by atoms with van der Waals surface area (Å²) in [7, 11) is -3.76. The van der Waals surface area contributed by atoms with Crippen LogP contribution in [0, 0.1) is 0 Å². The third-order valence-corrected chi connectivity index (χ3v) is 4.20. The number of hydrogen-bond acceptors (Lipinski definition) is 5. The first-order chi connectivity index (χ1) is 9.90. The molecule has 21 heavy (non-hydrogen) atoms. The largest absolute Gasteiger partial charge is 0.370 e. The number of nitrogens with one attached hydrogen (secondary N) is 3. The van der Waals surface area contributed by atoms with Crippen molar-refractivity contribution in [2.75, 3.05) is 18.4 Å². The Bertz CT molecular complexity index is 557. The minimum absolute atomic E-state index is 0.0284. The Morgan fingerprint density at radius 1 is 1.33 bits per heavy atom. The van der Waals surface area contributed by atoms with Crippen LogP contribution in [-0.4, -0.2) is 38.4 Å². The van der Waals surface area contributed by atoms with Gasteiger partial charge in [0.1, 0.15) is 10.7 Å². The fourth-order valence-electron chi connectivity index (χ4n) is 1.58. The van der Waals surface area contributed by atoms with Crippen molar-refractivity contribution in [2.45, 2.75) is 38.1 Å². The number of anilines is 1. The van der Waals surface area contributed by atoms with Gasteiger partial charge in [-0.3, -0.25) is 4.79 Å². The maximum Gasteiger partial charge on any atom is 0.242 e. The summed E-state index contributed by atoms with van der Waals surface area (Å²) in [5, 5.41) is 5.62. The fourth-order valence-corrected chi connectivity index (χ4v) is 2.73. The normalized spacial score (nSPS) is 12.7. The van der Waals surface area contributed by atoms with Crippen LogP contribution in [0.4, 0.5) is 5.82 Å². The molecule has 7 nitrogen and oxygen atoms in total. The Kier molecular flexibility index (Phi) is 6.57. The molecule has 0 bridgehead atoms. The van der Waals surface area contributed by atoms with Gasteiger partial charge in [-0.1, -0.05) is 6.92 Å². The van der Waals surface area contributed by atoms with E-state index >= 15 is 0 Å².